The van der Waals surface area contributed by atoms with Crippen LogP contribution < -0.4 is 0 Å². The lowest BCUT2D eigenvalue weighted by atomic mass is 9.93. The normalized spacial score (nSPS) is 15.9. The molecule has 7 nitrogen and oxygen atoms in total. The van der Waals surface area contributed by atoms with Crippen molar-refractivity contribution in [3.8, 4) is 11.7 Å². The highest BCUT2D eigenvalue weighted by atomic mass is 16.6. The van der Waals surface area contributed by atoms with Crippen LogP contribution in [0.4, 0.5) is 4.79 Å². The fourth-order valence-electron chi connectivity index (χ4n) is 3.43. The summed E-state index contributed by atoms with van der Waals surface area (Å²) in [4.78, 5) is 18.4. The van der Waals surface area contributed by atoms with E-state index in [0.29, 0.717) is 36.5 Å². The second kappa shape index (κ2) is 7.30. The topological polar surface area (TPSA) is 81.6 Å². The monoisotopic (exact) mass is 383 g/mol. The average Bonchev–Trinajstić information content (AvgIpc) is 3.27. The van der Waals surface area contributed by atoms with Gasteiger partial charge in [0.2, 0.25) is 0 Å². The molecule has 1 aromatic carbocycles. The van der Waals surface area contributed by atoms with Crippen molar-refractivity contribution in [2.75, 3.05) is 13.1 Å². The van der Waals surface area contributed by atoms with Crippen molar-refractivity contribution in [1.29, 1.82) is 0 Å². The minimum Gasteiger partial charge on any atom is -0.451 e. The van der Waals surface area contributed by atoms with E-state index in [1.807, 2.05) is 51.1 Å². The molecule has 2 aromatic heterocycles. The quantitative estimate of drug-likeness (QED) is 0.653. The van der Waals surface area contributed by atoms with Crippen LogP contribution in [0.15, 0.2) is 39.3 Å². The lowest BCUT2D eigenvalue weighted by Crippen LogP contribution is -2.42. The van der Waals surface area contributed by atoms with Crippen molar-refractivity contribution in [3.63, 3.8) is 0 Å². The molecule has 3 aromatic rings. The largest absolute Gasteiger partial charge is 0.451 e. The van der Waals surface area contributed by atoms with E-state index >= 15 is 0 Å². The number of para-hydroxylation sites is 1. The van der Waals surface area contributed by atoms with Gasteiger partial charge in [0.15, 0.2) is 11.6 Å². The first-order chi connectivity index (χ1) is 13.4. The van der Waals surface area contributed by atoms with Crippen molar-refractivity contribution in [2.24, 2.45) is 5.92 Å². The van der Waals surface area contributed by atoms with Crippen LogP contribution in [0.2, 0.25) is 0 Å². The molecule has 0 unspecified atom stereocenters. The predicted molar refractivity (Wildman–Crippen MR) is 104 cm³/mol. The summed E-state index contributed by atoms with van der Waals surface area (Å²) in [5.74, 6) is 2.07. The van der Waals surface area contributed by atoms with Gasteiger partial charge in [0, 0.05) is 24.9 Å². The van der Waals surface area contributed by atoms with E-state index in [2.05, 4.69) is 10.1 Å². The average molecular weight is 383 g/mol. The zero-order valence-electron chi connectivity index (χ0n) is 16.5. The first kappa shape index (κ1) is 18.5. The zero-order chi connectivity index (χ0) is 19.7. The Bertz CT molecular complexity index is 928. The molecule has 3 heterocycles. The molecule has 4 rings (SSSR count). The van der Waals surface area contributed by atoms with Gasteiger partial charge in [-0.3, -0.25) is 0 Å². The second-order valence-electron chi connectivity index (χ2n) is 8.28. The Hall–Kier alpha value is -2.83. The van der Waals surface area contributed by atoms with Crippen LogP contribution in [0.5, 0.6) is 0 Å². The van der Waals surface area contributed by atoms with E-state index in [9.17, 15) is 4.79 Å². The molecule has 1 saturated heterocycles. The Morgan fingerprint density at radius 2 is 2.00 bits per heavy atom. The first-order valence-corrected chi connectivity index (χ1v) is 9.67. The number of rotatable bonds is 3. The molecule has 1 aliphatic rings. The van der Waals surface area contributed by atoms with Crippen LogP contribution in [-0.4, -0.2) is 39.8 Å². The van der Waals surface area contributed by atoms with E-state index < -0.39 is 5.60 Å². The molecule has 7 heteroatoms. The Morgan fingerprint density at radius 3 is 2.71 bits per heavy atom. The second-order valence-corrected chi connectivity index (χ2v) is 8.28. The third-order valence-corrected chi connectivity index (χ3v) is 4.84. The van der Waals surface area contributed by atoms with Crippen molar-refractivity contribution in [3.05, 3.63) is 36.2 Å². The number of nitrogens with zero attached hydrogens (tertiary/aromatic N) is 3. The van der Waals surface area contributed by atoms with Gasteiger partial charge in [-0.05, 0) is 51.7 Å². The number of piperidine rings is 1. The van der Waals surface area contributed by atoms with Gasteiger partial charge >= 0.3 is 6.09 Å². The molecule has 1 fully saturated rings. The highest BCUT2D eigenvalue weighted by molar-refractivity contribution is 5.81. The Labute approximate surface area is 163 Å². The lowest BCUT2D eigenvalue weighted by Gasteiger charge is -2.33. The van der Waals surface area contributed by atoms with Crippen molar-refractivity contribution >= 4 is 17.1 Å². The molecule has 0 N–H and O–H groups in total. The summed E-state index contributed by atoms with van der Waals surface area (Å²) < 4.78 is 16.6. The van der Waals surface area contributed by atoms with Crippen LogP contribution in [0.3, 0.4) is 0 Å². The molecular weight excluding hydrogens is 358 g/mol. The van der Waals surface area contributed by atoms with Crippen molar-refractivity contribution < 1.29 is 18.5 Å². The third kappa shape index (κ3) is 4.18. The Kier molecular flexibility index (Phi) is 4.83. The molecule has 0 spiro atoms. The summed E-state index contributed by atoms with van der Waals surface area (Å²) in [6.07, 6.45) is 2.28. The fourth-order valence-corrected chi connectivity index (χ4v) is 3.43. The fraction of sp³-hybridized carbons (Fsp3) is 0.476. The SMILES string of the molecule is CC(C)(C)OC(=O)N1CCC(Cc2noc(-c3cc4ccccc4o3)n2)CC1. The van der Waals surface area contributed by atoms with E-state index in [1.165, 1.54) is 0 Å². The number of hydrogen-bond acceptors (Lipinski definition) is 6. The van der Waals surface area contributed by atoms with Gasteiger partial charge in [0.1, 0.15) is 11.2 Å². The van der Waals surface area contributed by atoms with Crippen LogP contribution in [0, 0.1) is 5.92 Å². The number of likely N-dealkylation sites (tertiary alicyclic amines) is 1. The number of carbonyl (C=O) groups excluding carboxylic acids is 1. The summed E-state index contributed by atoms with van der Waals surface area (Å²) in [5, 5.41) is 5.11. The van der Waals surface area contributed by atoms with Crippen LogP contribution in [-0.2, 0) is 11.2 Å². The summed E-state index contributed by atoms with van der Waals surface area (Å²) >= 11 is 0. The molecule has 1 amide bonds. The molecule has 28 heavy (non-hydrogen) atoms. The maximum Gasteiger partial charge on any atom is 0.410 e. The van der Waals surface area contributed by atoms with Crippen molar-refractivity contribution in [2.45, 2.75) is 45.6 Å². The maximum absolute atomic E-state index is 12.2. The number of amides is 1. The lowest BCUT2D eigenvalue weighted by molar-refractivity contribution is 0.0183. The number of carbonyl (C=O) groups is 1. The summed E-state index contributed by atoms with van der Waals surface area (Å²) in [6.45, 7) is 7.02. The van der Waals surface area contributed by atoms with Gasteiger partial charge in [-0.25, -0.2) is 4.79 Å². The number of ether oxygens (including phenoxy) is 1. The molecule has 1 aliphatic heterocycles. The smallest absolute Gasteiger partial charge is 0.410 e. The first-order valence-electron chi connectivity index (χ1n) is 9.67. The number of furan rings is 1. The zero-order valence-corrected chi connectivity index (χ0v) is 16.5. The van der Waals surface area contributed by atoms with Gasteiger partial charge in [-0.2, -0.15) is 4.98 Å². The van der Waals surface area contributed by atoms with E-state index in [1.54, 1.807) is 4.90 Å². The van der Waals surface area contributed by atoms with E-state index in [-0.39, 0.29) is 6.09 Å². The summed E-state index contributed by atoms with van der Waals surface area (Å²) in [7, 11) is 0. The van der Waals surface area contributed by atoms with Gasteiger partial charge in [0.05, 0.1) is 0 Å². The van der Waals surface area contributed by atoms with Crippen molar-refractivity contribution in [1.82, 2.24) is 15.0 Å². The van der Waals surface area contributed by atoms with Crippen LogP contribution >= 0.6 is 0 Å². The van der Waals surface area contributed by atoms with E-state index in [4.69, 9.17) is 13.7 Å². The number of fused-ring (bicyclic) bond motifs is 1. The predicted octanol–water partition coefficient (Wildman–Crippen LogP) is 4.67. The number of hydrogen-bond donors (Lipinski definition) is 0. The number of aromatic nitrogens is 2. The van der Waals surface area contributed by atoms with E-state index in [0.717, 1.165) is 30.2 Å². The minimum atomic E-state index is -0.467. The standard InChI is InChI=1S/C21H25N3O4/c1-21(2,3)27-20(25)24-10-8-14(9-11-24)12-18-22-19(28-23-18)17-13-15-6-4-5-7-16(15)26-17/h4-7,13-14H,8-12H2,1-3H3. The molecular formula is C21H25N3O4. The Balaban J connectivity index is 1.34. The minimum absolute atomic E-state index is 0.238. The van der Waals surface area contributed by atoms with Gasteiger partial charge in [-0.1, -0.05) is 23.4 Å². The molecule has 0 saturated carbocycles. The maximum atomic E-state index is 12.2. The van der Waals surface area contributed by atoms with Gasteiger partial charge in [0.25, 0.3) is 5.89 Å². The summed E-state index contributed by atoms with van der Waals surface area (Å²) in [5.41, 5.74) is 0.331. The Morgan fingerprint density at radius 1 is 1.25 bits per heavy atom. The third-order valence-electron chi connectivity index (χ3n) is 4.84. The van der Waals surface area contributed by atoms with Crippen LogP contribution in [0.1, 0.15) is 39.4 Å². The molecule has 0 radical (unpaired) electrons. The van der Waals surface area contributed by atoms with Gasteiger partial charge in [-0.15, -0.1) is 0 Å². The molecule has 0 aliphatic carbocycles. The number of benzene rings is 1. The highest BCUT2D eigenvalue weighted by Gasteiger charge is 2.28. The van der Waals surface area contributed by atoms with Crippen LogP contribution in [0.25, 0.3) is 22.6 Å². The summed E-state index contributed by atoms with van der Waals surface area (Å²) in [6, 6.07) is 9.70. The molecule has 0 atom stereocenters. The highest BCUT2D eigenvalue weighted by Crippen LogP contribution is 2.28. The van der Waals surface area contributed by atoms with Gasteiger partial charge < -0.3 is 18.6 Å². The molecule has 0 bridgehead atoms. The molecule has 148 valence electrons.